The third kappa shape index (κ3) is 4.60. The first kappa shape index (κ1) is 17.5. The van der Waals surface area contributed by atoms with Crippen LogP contribution in [0.4, 0.5) is 5.69 Å². The van der Waals surface area contributed by atoms with E-state index in [2.05, 4.69) is 15.5 Å². The van der Waals surface area contributed by atoms with Gasteiger partial charge in [0.25, 0.3) is 17.7 Å². The maximum absolute atomic E-state index is 12.1. The van der Waals surface area contributed by atoms with E-state index >= 15 is 0 Å². The summed E-state index contributed by atoms with van der Waals surface area (Å²) in [5, 5.41) is 11.5. The number of hydrogen-bond acceptors (Lipinski definition) is 5. The zero-order valence-corrected chi connectivity index (χ0v) is 14.8. The number of amides is 1. The molecule has 9 heteroatoms. The van der Waals surface area contributed by atoms with Crippen LogP contribution < -0.4 is 10.2 Å². The second-order valence-corrected chi connectivity index (χ2v) is 6.28. The molecular formula is C16H15Cl2N4O3+. The molecule has 0 aliphatic heterocycles. The van der Waals surface area contributed by atoms with Crippen LogP contribution in [0.25, 0.3) is 11.7 Å². The van der Waals surface area contributed by atoms with Gasteiger partial charge in [-0.05, 0) is 30.3 Å². The number of benzene rings is 1. The number of halogens is 2. The monoisotopic (exact) mass is 381 g/mol. The maximum Gasteiger partial charge on any atom is 0.283 e. The average Bonchev–Trinajstić information content (AvgIpc) is 3.21. The van der Waals surface area contributed by atoms with Crippen LogP contribution in [0.5, 0.6) is 0 Å². The molecule has 3 rings (SSSR count). The number of quaternary nitrogens is 1. The molecule has 0 fully saturated rings. The lowest BCUT2D eigenvalue weighted by molar-refractivity contribution is -0.886. The molecule has 2 N–H and O–H groups in total. The van der Waals surface area contributed by atoms with E-state index in [1.165, 1.54) is 6.26 Å². The topological polar surface area (TPSA) is 85.6 Å². The number of nitrogens with one attached hydrogen (secondary N) is 2. The Kier molecular flexibility index (Phi) is 5.37. The van der Waals surface area contributed by atoms with Crippen LogP contribution in [0.2, 0.25) is 10.0 Å². The summed E-state index contributed by atoms with van der Waals surface area (Å²) in [6.45, 7) is 0.626. The highest BCUT2D eigenvalue weighted by molar-refractivity contribution is 6.42. The van der Waals surface area contributed by atoms with Crippen molar-refractivity contribution in [2.45, 2.75) is 6.54 Å². The molecule has 1 atom stereocenters. The molecule has 0 spiro atoms. The molecule has 3 aromatic rings. The predicted octanol–water partition coefficient (Wildman–Crippen LogP) is 2.29. The van der Waals surface area contributed by atoms with Crippen LogP contribution in [0.1, 0.15) is 5.89 Å². The normalized spacial score (nSPS) is 12.1. The van der Waals surface area contributed by atoms with Crippen LogP contribution in [0.3, 0.4) is 0 Å². The summed E-state index contributed by atoms with van der Waals surface area (Å²) in [5.41, 5.74) is 0.588. The first-order valence-electron chi connectivity index (χ1n) is 7.43. The zero-order chi connectivity index (χ0) is 17.8. The number of nitrogens with zero attached hydrogens (tertiary/aromatic N) is 2. The number of aromatic nitrogens is 2. The predicted molar refractivity (Wildman–Crippen MR) is 92.5 cm³/mol. The minimum absolute atomic E-state index is 0.165. The summed E-state index contributed by atoms with van der Waals surface area (Å²) >= 11 is 11.8. The fraction of sp³-hybridized carbons (Fsp3) is 0.188. The maximum atomic E-state index is 12.1. The van der Waals surface area contributed by atoms with Gasteiger partial charge in [-0.25, -0.2) is 0 Å². The molecule has 130 valence electrons. The fourth-order valence-electron chi connectivity index (χ4n) is 2.20. The number of likely N-dealkylation sites (N-methyl/N-ethyl adjacent to an activating group) is 1. The van der Waals surface area contributed by atoms with E-state index in [-0.39, 0.29) is 12.5 Å². The van der Waals surface area contributed by atoms with Crippen molar-refractivity contribution >= 4 is 34.8 Å². The molecule has 1 aromatic carbocycles. The van der Waals surface area contributed by atoms with E-state index < -0.39 is 0 Å². The van der Waals surface area contributed by atoms with Crippen LogP contribution in [0.15, 0.2) is 45.4 Å². The summed E-state index contributed by atoms with van der Waals surface area (Å²) in [7, 11) is 1.85. The Bertz CT molecular complexity index is 864. The van der Waals surface area contributed by atoms with Gasteiger partial charge in [-0.2, -0.15) is 0 Å². The first-order chi connectivity index (χ1) is 12.0. The number of rotatable bonds is 6. The molecule has 2 heterocycles. The van der Waals surface area contributed by atoms with Crippen molar-refractivity contribution in [3.63, 3.8) is 0 Å². The van der Waals surface area contributed by atoms with Crippen molar-refractivity contribution in [3.05, 3.63) is 52.5 Å². The van der Waals surface area contributed by atoms with Crippen molar-refractivity contribution in [1.29, 1.82) is 0 Å². The second kappa shape index (κ2) is 7.69. The Balaban J connectivity index is 1.54. The van der Waals surface area contributed by atoms with E-state index in [9.17, 15) is 4.79 Å². The molecular weight excluding hydrogens is 367 g/mol. The number of anilines is 1. The number of furan rings is 1. The van der Waals surface area contributed by atoms with Gasteiger partial charge in [0.1, 0.15) is 0 Å². The largest absolute Gasteiger partial charge is 0.459 e. The SMILES string of the molecule is C[NH+](CC(=O)Nc1ccc(Cl)c(Cl)c1)Cc1nnc(-c2ccco2)o1. The van der Waals surface area contributed by atoms with Gasteiger partial charge in [-0.15, -0.1) is 10.2 Å². The quantitative estimate of drug-likeness (QED) is 0.683. The minimum atomic E-state index is -0.165. The molecule has 1 amide bonds. The zero-order valence-electron chi connectivity index (χ0n) is 13.3. The molecule has 7 nitrogen and oxygen atoms in total. The Hall–Kier alpha value is -2.35. The van der Waals surface area contributed by atoms with Gasteiger partial charge < -0.3 is 19.1 Å². The van der Waals surface area contributed by atoms with Gasteiger partial charge >= 0.3 is 0 Å². The van der Waals surface area contributed by atoms with Crippen molar-refractivity contribution < 1.29 is 18.5 Å². The molecule has 25 heavy (non-hydrogen) atoms. The Morgan fingerprint density at radius 1 is 1.24 bits per heavy atom. The average molecular weight is 382 g/mol. The number of carbonyl (C=O) groups is 1. The molecule has 0 saturated carbocycles. The molecule has 0 aliphatic rings. The van der Waals surface area contributed by atoms with Gasteiger partial charge in [0, 0.05) is 5.69 Å². The number of carbonyl (C=O) groups excluding carboxylic acids is 1. The minimum Gasteiger partial charge on any atom is -0.459 e. The van der Waals surface area contributed by atoms with Gasteiger partial charge in [-0.3, -0.25) is 4.79 Å². The van der Waals surface area contributed by atoms with E-state index in [0.717, 1.165) is 4.90 Å². The Labute approximate surface area is 153 Å². The summed E-state index contributed by atoms with van der Waals surface area (Å²) < 4.78 is 10.7. The van der Waals surface area contributed by atoms with E-state index in [1.54, 1.807) is 30.3 Å². The lowest BCUT2D eigenvalue weighted by Gasteiger charge is -2.12. The Morgan fingerprint density at radius 3 is 2.80 bits per heavy atom. The highest BCUT2D eigenvalue weighted by atomic mass is 35.5. The molecule has 0 saturated heterocycles. The van der Waals surface area contributed by atoms with Gasteiger partial charge in [-0.1, -0.05) is 23.2 Å². The van der Waals surface area contributed by atoms with Crippen LogP contribution in [-0.4, -0.2) is 29.7 Å². The summed E-state index contributed by atoms with van der Waals surface area (Å²) in [5.74, 6) is 1.08. The summed E-state index contributed by atoms with van der Waals surface area (Å²) in [4.78, 5) is 13.0. The van der Waals surface area contributed by atoms with E-state index in [0.29, 0.717) is 39.8 Å². The van der Waals surface area contributed by atoms with Crippen molar-refractivity contribution in [2.24, 2.45) is 0 Å². The second-order valence-electron chi connectivity index (χ2n) is 5.47. The molecule has 0 bridgehead atoms. The van der Waals surface area contributed by atoms with Gasteiger partial charge in [0.15, 0.2) is 18.8 Å². The first-order valence-corrected chi connectivity index (χ1v) is 8.19. The van der Waals surface area contributed by atoms with Crippen LogP contribution >= 0.6 is 23.2 Å². The third-order valence-corrected chi connectivity index (χ3v) is 4.06. The molecule has 2 aromatic heterocycles. The lowest BCUT2D eigenvalue weighted by atomic mass is 10.3. The smallest absolute Gasteiger partial charge is 0.283 e. The highest BCUT2D eigenvalue weighted by Gasteiger charge is 2.17. The number of hydrogen-bond donors (Lipinski definition) is 2. The van der Waals surface area contributed by atoms with E-state index in [4.69, 9.17) is 32.0 Å². The molecule has 1 unspecified atom stereocenters. The van der Waals surface area contributed by atoms with Crippen molar-refractivity contribution in [1.82, 2.24) is 10.2 Å². The van der Waals surface area contributed by atoms with Crippen molar-refractivity contribution in [3.8, 4) is 11.7 Å². The van der Waals surface area contributed by atoms with Crippen LogP contribution in [0, 0.1) is 0 Å². The van der Waals surface area contributed by atoms with Gasteiger partial charge in [0.05, 0.1) is 23.4 Å². The fourth-order valence-corrected chi connectivity index (χ4v) is 2.50. The van der Waals surface area contributed by atoms with Gasteiger partial charge in [0.2, 0.25) is 0 Å². The van der Waals surface area contributed by atoms with Crippen LogP contribution in [-0.2, 0) is 11.3 Å². The third-order valence-electron chi connectivity index (χ3n) is 3.32. The van der Waals surface area contributed by atoms with Crippen molar-refractivity contribution in [2.75, 3.05) is 18.9 Å². The summed E-state index contributed by atoms with van der Waals surface area (Å²) in [6.07, 6.45) is 1.53. The lowest BCUT2D eigenvalue weighted by Crippen LogP contribution is -3.08. The Morgan fingerprint density at radius 2 is 2.08 bits per heavy atom. The molecule has 0 aliphatic carbocycles. The summed E-state index contributed by atoms with van der Waals surface area (Å²) in [6, 6.07) is 8.40. The standard InChI is InChI=1S/C16H14Cl2N4O3/c1-22(8-14(23)19-10-4-5-11(17)12(18)7-10)9-15-20-21-16(25-15)13-3-2-6-24-13/h2-7H,8-9H2,1H3,(H,19,23)/p+1. The molecule has 0 radical (unpaired) electrons. The highest BCUT2D eigenvalue weighted by Crippen LogP contribution is 2.24. The van der Waals surface area contributed by atoms with E-state index in [1.807, 2.05) is 7.05 Å².